The Balaban J connectivity index is 2.09. The van der Waals surface area contributed by atoms with E-state index in [-0.39, 0.29) is 5.75 Å². The molecular formula is C11H10N4O3S. The minimum atomic E-state index is -0.987. The Morgan fingerprint density at radius 2 is 2.11 bits per heavy atom. The van der Waals surface area contributed by atoms with Gasteiger partial charge < -0.3 is 10.2 Å². The molecule has 19 heavy (non-hydrogen) atoms. The van der Waals surface area contributed by atoms with Crippen molar-refractivity contribution < 1.29 is 15.0 Å². The number of nitrogens with zero attached hydrogens (tertiary/aromatic N) is 4. The van der Waals surface area contributed by atoms with Crippen LogP contribution in [0.3, 0.4) is 0 Å². The number of benzene rings is 1. The molecule has 0 atom stereocenters. The highest BCUT2D eigenvalue weighted by Gasteiger charge is 2.07. The minimum Gasteiger partial charge on any atom is -0.508 e. The second-order valence-electron chi connectivity index (χ2n) is 3.44. The molecule has 0 spiro atoms. The van der Waals surface area contributed by atoms with E-state index in [1.807, 2.05) is 0 Å². The van der Waals surface area contributed by atoms with Crippen molar-refractivity contribution in [1.29, 1.82) is 0 Å². The van der Waals surface area contributed by atoms with Gasteiger partial charge in [0.2, 0.25) is 5.16 Å². The van der Waals surface area contributed by atoms with Crippen LogP contribution in [-0.2, 0) is 4.79 Å². The second kappa shape index (κ2) is 6.01. The summed E-state index contributed by atoms with van der Waals surface area (Å²) in [6.45, 7) is 0. The van der Waals surface area contributed by atoms with Gasteiger partial charge in [0.15, 0.2) is 0 Å². The van der Waals surface area contributed by atoms with Crippen LogP contribution in [0.25, 0.3) is 5.69 Å². The van der Waals surface area contributed by atoms with E-state index in [1.165, 1.54) is 34.7 Å². The molecule has 0 radical (unpaired) electrons. The first-order chi connectivity index (χ1) is 9.16. The minimum absolute atomic E-state index is 0.162. The van der Waals surface area contributed by atoms with Crippen molar-refractivity contribution >= 4 is 17.7 Å². The van der Waals surface area contributed by atoms with E-state index in [9.17, 15) is 9.90 Å². The van der Waals surface area contributed by atoms with E-state index in [0.29, 0.717) is 16.6 Å². The average Bonchev–Trinajstić information content (AvgIpc) is 2.84. The molecule has 7 nitrogen and oxygen atoms in total. The van der Waals surface area contributed by atoms with Gasteiger partial charge in [0.25, 0.3) is 0 Å². The zero-order valence-electron chi connectivity index (χ0n) is 9.67. The fourth-order valence-electron chi connectivity index (χ4n) is 1.30. The lowest BCUT2D eigenvalue weighted by Crippen LogP contribution is -1.98. The molecule has 2 rings (SSSR count). The molecule has 0 amide bonds. The summed E-state index contributed by atoms with van der Waals surface area (Å²) in [6.07, 6.45) is 2.59. The fourth-order valence-corrected chi connectivity index (χ4v) is 2.00. The summed E-state index contributed by atoms with van der Waals surface area (Å²) < 4.78 is 1.51. The van der Waals surface area contributed by atoms with Gasteiger partial charge in [-0.3, -0.25) is 0 Å². The number of hydrogen-bond acceptors (Lipinski definition) is 6. The lowest BCUT2D eigenvalue weighted by atomic mass is 10.3. The maximum Gasteiger partial charge on any atom is 0.328 e. The van der Waals surface area contributed by atoms with Gasteiger partial charge in [-0.1, -0.05) is 17.8 Å². The van der Waals surface area contributed by atoms with E-state index in [2.05, 4.69) is 15.5 Å². The summed E-state index contributed by atoms with van der Waals surface area (Å²) in [5, 5.41) is 29.5. The summed E-state index contributed by atoms with van der Waals surface area (Å²) in [6, 6.07) is 6.44. The quantitative estimate of drug-likeness (QED) is 0.623. The largest absolute Gasteiger partial charge is 0.508 e. The average molecular weight is 278 g/mol. The van der Waals surface area contributed by atoms with Crippen LogP contribution in [0.4, 0.5) is 0 Å². The summed E-state index contributed by atoms with van der Waals surface area (Å²) in [5.41, 5.74) is 0.715. The molecule has 1 heterocycles. The standard InChI is InChI=1S/C11H10N4O3S/c16-9-5-3-8(4-6-9)15-11(12-13-14-15)19-7-1-2-10(17)18/h1-6,16H,7H2,(H,17,18). The first kappa shape index (κ1) is 13.1. The Hall–Kier alpha value is -2.35. The van der Waals surface area contributed by atoms with Crippen LogP contribution in [0.15, 0.2) is 41.6 Å². The van der Waals surface area contributed by atoms with E-state index < -0.39 is 5.97 Å². The van der Waals surface area contributed by atoms with Crippen molar-refractivity contribution in [3.63, 3.8) is 0 Å². The molecule has 0 saturated heterocycles. The van der Waals surface area contributed by atoms with Crippen molar-refractivity contribution in [1.82, 2.24) is 20.2 Å². The molecule has 8 heteroatoms. The second-order valence-corrected chi connectivity index (χ2v) is 4.43. The van der Waals surface area contributed by atoms with Crippen LogP contribution in [0.2, 0.25) is 0 Å². The number of thioether (sulfide) groups is 1. The molecule has 0 saturated carbocycles. The molecule has 0 fully saturated rings. The highest BCUT2D eigenvalue weighted by Crippen LogP contribution is 2.19. The third-order valence-electron chi connectivity index (χ3n) is 2.10. The summed E-state index contributed by atoms with van der Waals surface area (Å²) >= 11 is 1.31. The van der Waals surface area contributed by atoms with Crippen LogP contribution in [0.5, 0.6) is 5.75 Å². The first-order valence-corrected chi connectivity index (χ1v) is 6.25. The molecule has 2 N–H and O–H groups in total. The SMILES string of the molecule is O=C(O)C=CCSc1nnnn1-c1ccc(O)cc1. The third kappa shape index (κ3) is 3.55. The van der Waals surface area contributed by atoms with Crippen LogP contribution in [-0.4, -0.2) is 42.1 Å². The Morgan fingerprint density at radius 1 is 1.37 bits per heavy atom. The van der Waals surface area contributed by atoms with Crippen molar-refractivity contribution in [3.8, 4) is 11.4 Å². The monoisotopic (exact) mass is 278 g/mol. The molecular weight excluding hydrogens is 268 g/mol. The molecule has 0 bridgehead atoms. The first-order valence-electron chi connectivity index (χ1n) is 5.27. The van der Waals surface area contributed by atoms with E-state index >= 15 is 0 Å². The number of carbonyl (C=O) groups is 1. The number of aromatic hydroxyl groups is 1. The molecule has 2 aromatic rings. The number of tetrazole rings is 1. The topological polar surface area (TPSA) is 101 Å². The number of rotatable bonds is 5. The maximum atomic E-state index is 10.3. The Bertz CT molecular complexity index is 594. The van der Waals surface area contributed by atoms with Gasteiger partial charge in [0, 0.05) is 11.8 Å². The van der Waals surface area contributed by atoms with Gasteiger partial charge in [-0.2, -0.15) is 4.68 Å². The van der Waals surface area contributed by atoms with Crippen molar-refractivity contribution in [2.45, 2.75) is 5.16 Å². The number of aromatic nitrogens is 4. The maximum absolute atomic E-state index is 10.3. The van der Waals surface area contributed by atoms with Crippen LogP contribution < -0.4 is 0 Å². The number of phenolic OH excluding ortho intramolecular Hbond substituents is 1. The fraction of sp³-hybridized carbons (Fsp3) is 0.0909. The Kier molecular flexibility index (Phi) is 4.14. The summed E-state index contributed by atoms with van der Waals surface area (Å²) in [5.74, 6) is -0.376. The molecule has 0 aliphatic carbocycles. The van der Waals surface area contributed by atoms with Gasteiger partial charge >= 0.3 is 5.97 Å². The molecule has 1 aromatic heterocycles. The van der Waals surface area contributed by atoms with Gasteiger partial charge in [-0.15, -0.1) is 5.10 Å². The molecule has 0 unspecified atom stereocenters. The van der Waals surface area contributed by atoms with Gasteiger partial charge in [-0.05, 0) is 34.7 Å². The van der Waals surface area contributed by atoms with Crippen LogP contribution in [0.1, 0.15) is 0 Å². The highest BCUT2D eigenvalue weighted by molar-refractivity contribution is 7.99. The van der Waals surface area contributed by atoms with Crippen molar-refractivity contribution in [3.05, 3.63) is 36.4 Å². The van der Waals surface area contributed by atoms with Crippen molar-refractivity contribution in [2.24, 2.45) is 0 Å². The van der Waals surface area contributed by atoms with Crippen LogP contribution >= 0.6 is 11.8 Å². The number of carboxylic acids is 1. The smallest absolute Gasteiger partial charge is 0.328 e. The molecule has 0 aliphatic rings. The molecule has 1 aromatic carbocycles. The van der Waals surface area contributed by atoms with Crippen molar-refractivity contribution in [2.75, 3.05) is 5.75 Å². The number of hydrogen-bond donors (Lipinski definition) is 2. The third-order valence-corrected chi connectivity index (χ3v) is 2.98. The zero-order valence-corrected chi connectivity index (χ0v) is 10.5. The Morgan fingerprint density at radius 3 is 2.79 bits per heavy atom. The van der Waals surface area contributed by atoms with E-state index in [4.69, 9.17) is 5.11 Å². The number of carboxylic acid groups (broad SMARTS) is 1. The van der Waals surface area contributed by atoms with E-state index in [1.54, 1.807) is 12.1 Å². The summed E-state index contributed by atoms with van der Waals surface area (Å²) in [4.78, 5) is 10.3. The number of phenols is 1. The number of aliphatic carboxylic acids is 1. The van der Waals surface area contributed by atoms with Gasteiger partial charge in [-0.25, -0.2) is 4.79 Å². The molecule has 98 valence electrons. The lowest BCUT2D eigenvalue weighted by molar-refractivity contribution is -0.131. The Labute approximate surface area is 112 Å². The predicted octanol–water partition coefficient (Wildman–Crippen LogP) is 1.10. The molecule has 0 aliphatic heterocycles. The van der Waals surface area contributed by atoms with Gasteiger partial charge in [0.05, 0.1) is 5.69 Å². The summed E-state index contributed by atoms with van der Waals surface area (Å²) in [7, 11) is 0. The van der Waals surface area contributed by atoms with Crippen LogP contribution in [0, 0.1) is 0 Å². The normalized spacial score (nSPS) is 10.9. The zero-order chi connectivity index (χ0) is 13.7. The lowest BCUT2D eigenvalue weighted by Gasteiger charge is -2.02. The van der Waals surface area contributed by atoms with Gasteiger partial charge in [0.1, 0.15) is 5.75 Å². The predicted molar refractivity (Wildman–Crippen MR) is 68.3 cm³/mol. The highest BCUT2D eigenvalue weighted by atomic mass is 32.2. The van der Waals surface area contributed by atoms with E-state index in [0.717, 1.165) is 6.08 Å².